The largest absolute Gasteiger partial charge is 0.395 e. The summed E-state index contributed by atoms with van der Waals surface area (Å²) in [5.41, 5.74) is 0. The van der Waals surface area contributed by atoms with Crippen molar-refractivity contribution in [1.29, 1.82) is 0 Å². The molecule has 0 bridgehead atoms. The Morgan fingerprint density at radius 2 is 1.76 bits per heavy atom. The van der Waals surface area contributed by atoms with Gasteiger partial charge in [0, 0.05) is 12.1 Å². The average molecular weight is 257 g/mol. The van der Waals surface area contributed by atoms with E-state index in [-0.39, 0.29) is 24.4 Å². The lowest BCUT2D eigenvalue weighted by atomic mass is 10.3. The molecule has 0 aromatic heterocycles. The third-order valence-electron chi connectivity index (χ3n) is 2.41. The summed E-state index contributed by atoms with van der Waals surface area (Å²) in [6.45, 7) is 3.61. The fourth-order valence-electron chi connectivity index (χ4n) is 1.64. The van der Waals surface area contributed by atoms with Crippen molar-refractivity contribution in [3.8, 4) is 0 Å². The predicted octanol–water partition coefficient (Wildman–Crippen LogP) is 0.819. The molecule has 0 aliphatic rings. The Balaban J connectivity index is 2.68. The lowest BCUT2D eigenvalue weighted by Crippen LogP contribution is -2.40. The minimum absolute atomic E-state index is 0.00424. The van der Waals surface area contributed by atoms with Gasteiger partial charge in [-0.1, -0.05) is 18.2 Å². The molecule has 2 atom stereocenters. The third-order valence-corrected chi connectivity index (χ3v) is 4.34. The van der Waals surface area contributed by atoms with Gasteiger partial charge in [-0.2, -0.15) is 0 Å². The van der Waals surface area contributed by atoms with E-state index in [1.54, 1.807) is 37.3 Å². The quantitative estimate of drug-likeness (QED) is 0.792. The Bertz CT molecular complexity index is 430. The molecule has 0 heterocycles. The van der Waals surface area contributed by atoms with Crippen LogP contribution in [0.5, 0.6) is 0 Å². The van der Waals surface area contributed by atoms with Crippen molar-refractivity contribution in [1.82, 2.24) is 5.32 Å². The average Bonchev–Trinajstić information content (AvgIpc) is 2.29. The topological polar surface area (TPSA) is 66.4 Å². The van der Waals surface area contributed by atoms with Gasteiger partial charge in [-0.05, 0) is 26.0 Å². The number of sulfone groups is 1. The highest BCUT2D eigenvalue weighted by atomic mass is 32.2. The van der Waals surface area contributed by atoms with Gasteiger partial charge in [0.15, 0.2) is 9.84 Å². The Morgan fingerprint density at radius 3 is 2.29 bits per heavy atom. The summed E-state index contributed by atoms with van der Waals surface area (Å²) in [6.07, 6.45) is 0. The van der Waals surface area contributed by atoms with Crippen molar-refractivity contribution >= 4 is 9.84 Å². The number of aliphatic hydroxyl groups excluding tert-OH is 1. The van der Waals surface area contributed by atoms with E-state index in [1.807, 2.05) is 6.92 Å². The third kappa shape index (κ3) is 4.46. The number of rotatable bonds is 6. The maximum atomic E-state index is 12.0. The molecule has 0 saturated carbocycles. The molecule has 5 heteroatoms. The molecule has 1 rings (SSSR count). The van der Waals surface area contributed by atoms with Crippen molar-refractivity contribution < 1.29 is 13.5 Å². The highest BCUT2D eigenvalue weighted by Gasteiger charge is 2.18. The van der Waals surface area contributed by atoms with Crippen LogP contribution in [0, 0.1) is 0 Å². The first-order valence-electron chi connectivity index (χ1n) is 5.60. The van der Waals surface area contributed by atoms with Crippen molar-refractivity contribution in [2.45, 2.75) is 30.8 Å². The Hall–Kier alpha value is -0.910. The fraction of sp³-hybridized carbons (Fsp3) is 0.500. The molecule has 4 nitrogen and oxygen atoms in total. The van der Waals surface area contributed by atoms with Crippen LogP contribution < -0.4 is 5.32 Å². The van der Waals surface area contributed by atoms with Crippen LogP contribution in [0.2, 0.25) is 0 Å². The van der Waals surface area contributed by atoms with Gasteiger partial charge in [-0.25, -0.2) is 8.42 Å². The summed E-state index contributed by atoms with van der Waals surface area (Å²) in [5, 5.41) is 11.9. The van der Waals surface area contributed by atoms with E-state index >= 15 is 0 Å². The van der Waals surface area contributed by atoms with E-state index in [2.05, 4.69) is 5.32 Å². The lowest BCUT2D eigenvalue weighted by Gasteiger charge is -2.18. The molecule has 2 N–H and O–H groups in total. The van der Waals surface area contributed by atoms with Crippen LogP contribution in [0.25, 0.3) is 0 Å². The Kier molecular flexibility index (Phi) is 5.11. The predicted molar refractivity (Wildman–Crippen MR) is 67.6 cm³/mol. The molecule has 1 aromatic rings. The summed E-state index contributed by atoms with van der Waals surface area (Å²) in [7, 11) is -3.26. The molecule has 0 radical (unpaired) electrons. The summed E-state index contributed by atoms with van der Waals surface area (Å²) in [5.74, 6) is 0.0291. The van der Waals surface area contributed by atoms with Gasteiger partial charge in [0.25, 0.3) is 0 Å². The minimum Gasteiger partial charge on any atom is -0.395 e. The van der Waals surface area contributed by atoms with Crippen LogP contribution in [-0.4, -0.2) is 38.0 Å². The zero-order valence-electron chi connectivity index (χ0n) is 10.1. The van der Waals surface area contributed by atoms with Crippen molar-refractivity contribution in [2.24, 2.45) is 0 Å². The summed E-state index contributed by atoms with van der Waals surface area (Å²) in [4.78, 5) is 0.338. The number of nitrogens with one attached hydrogen (secondary N) is 1. The number of hydrogen-bond donors (Lipinski definition) is 2. The molecule has 0 amide bonds. The van der Waals surface area contributed by atoms with Gasteiger partial charge in [-0.3, -0.25) is 0 Å². The van der Waals surface area contributed by atoms with Gasteiger partial charge in [0.2, 0.25) is 0 Å². The lowest BCUT2D eigenvalue weighted by molar-refractivity contribution is 0.245. The maximum absolute atomic E-state index is 12.0. The van der Waals surface area contributed by atoms with E-state index in [4.69, 9.17) is 5.11 Å². The van der Waals surface area contributed by atoms with Crippen molar-refractivity contribution in [3.05, 3.63) is 30.3 Å². The first kappa shape index (κ1) is 14.2. The van der Waals surface area contributed by atoms with E-state index in [0.29, 0.717) is 4.90 Å². The van der Waals surface area contributed by atoms with E-state index in [9.17, 15) is 8.42 Å². The molecule has 0 saturated heterocycles. The van der Waals surface area contributed by atoms with Crippen LogP contribution in [0.1, 0.15) is 13.8 Å². The van der Waals surface area contributed by atoms with Gasteiger partial charge in [0.05, 0.1) is 17.3 Å². The highest BCUT2D eigenvalue weighted by Crippen LogP contribution is 2.11. The van der Waals surface area contributed by atoms with Crippen molar-refractivity contribution in [3.63, 3.8) is 0 Å². The second-order valence-corrected chi connectivity index (χ2v) is 6.28. The molecular formula is C12H19NO3S. The molecule has 0 aliphatic carbocycles. The maximum Gasteiger partial charge on any atom is 0.179 e. The van der Waals surface area contributed by atoms with Crippen LogP contribution >= 0.6 is 0 Å². The normalized spacial score (nSPS) is 15.5. The number of benzene rings is 1. The van der Waals surface area contributed by atoms with Crippen molar-refractivity contribution in [2.75, 3.05) is 12.4 Å². The molecular weight excluding hydrogens is 238 g/mol. The first-order chi connectivity index (χ1) is 7.95. The number of hydrogen-bond acceptors (Lipinski definition) is 4. The standard InChI is InChI=1S/C12H19NO3S/c1-10(8-14)13-11(2)9-17(15,16)12-6-4-3-5-7-12/h3-7,10-11,13-14H,8-9H2,1-2H3/t10-,11?/m0/s1. The molecule has 0 spiro atoms. The van der Waals surface area contributed by atoms with Crippen LogP contribution in [0.3, 0.4) is 0 Å². The Labute approximate surface area is 103 Å². The smallest absolute Gasteiger partial charge is 0.179 e. The fourth-order valence-corrected chi connectivity index (χ4v) is 3.16. The SMILES string of the molecule is CC(CS(=O)(=O)c1ccccc1)N[C@@H](C)CO. The number of aliphatic hydroxyl groups is 1. The zero-order valence-corrected chi connectivity index (χ0v) is 10.9. The van der Waals surface area contributed by atoms with Gasteiger partial charge < -0.3 is 10.4 Å². The second-order valence-electron chi connectivity index (χ2n) is 4.25. The second kappa shape index (κ2) is 6.14. The van der Waals surface area contributed by atoms with Crippen LogP contribution in [0.4, 0.5) is 0 Å². The van der Waals surface area contributed by atoms with Gasteiger partial charge in [0.1, 0.15) is 0 Å². The summed E-state index contributed by atoms with van der Waals surface area (Å²) in [6, 6.07) is 8.10. The van der Waals surface area contributed by atoms with E-state index < -0.39 is 9.84 Å². The minimum atomic E-state index is -3.26. The highest BCUT2D eigenvalue weighted by molar-refractivity contribution is 7.91. The molecule has 1 unspecified atom stereocenters. The molecule has 17 heavy (non-hydrogen) atoms. The monoisotopic (exact) mass is 257 g/mol. The summed E-state index contributed by atoms with van der Waals surface area (Å²) < 4.78 is 24.0. The zero-order chi connectivity index (χ0) is 12.9. The van der Waals surface area contributed by atoms with Crippen LogP contribution in [0.15, 0.2) is 35.2 Å². The Morgan fingerprint density at radius 1 is 1.18 bits per heavy atom. The van der Waals surface area contributed by atoms with Gasteiger partial charge >= 0.3 is 0 Å². The molecule has 96 valence electrons. The van der Waals surface area contributed by atoms with Crippen LogP contribution in [-0.2, 0) is 9.84 Å². The first-order valence-corrected chi connectivity index (χ1v) is 7.25. The van der Waals surface area contributed by atoms with E-state index in [1.165, 1.54) is 0 Å². The summed E-state index contributed by atoms with van der Waals surface area (Å²) >= 11 is 0. The van der Waals surface area contributed by atoms with E-state index in [0.717, 1.165) is 0 Å². The molecule has 1 aromatic carbocycles. The molecule has 0 fully saturated rings. The van der Waals surface area contributed by atoms with Gasteiger partial charge in [-0.15, -0.1) is 0 Å². The molecule has 0 aliphatic heterocycles.